The highest BCUT2D eigenvalue weighted by Gasteiger charge is 2.21. The number of pyridine rings is 2. The van der Waals surface area contributed by atoms with Gasteiger partial charge in [0.15, 0.2) is 6.10 Å². The minimum atomic E-state index is -0.499. The average Bonchev–Trinajstić information content (AvgIpc) is 3.29. The van der Waals surface area contributed by atoms with Gasteiger partial charge in [-0.15, -0.1) is 0 Å². The Morgan fingerprint density at radius 1 is 1.32 bits per heavy atom. The van der Waals surface area contributed by atoms with Crippen molar-refractivity contribution >= 4 is 17.1 Å². The van der Waals surface area contributed by atoms with Crippen LogP contribution in [0.4, 0.5) is 0 Å². The molecule has 10 heteroatoms. The molecule has 34 heavy (non-hydrogen) atoms. The topological polar surface area (TPSA) is 135 Å². The fourth-order valence-electron chi connectivity index (χ4n) is 4.07. The second kappa shape index (κ2) is 10.9. The Hall–Kier alpha value is -3.81. The zero-order chi connectivity index (χ0) is 23.9. The van der Waals surface area contributed by atoms with Crippen molar-refractivity contribution in [2.45, 2.75) is 31.9 Å². The largest absolute Gasteiger partial charge is 0.466 e. The van der Waals surface area contributed by atoms with Gasteiger partial charge >= 0.3 is 0 Å². The first-order valence-electron chi connectivity index (χ1n) is 11.2. The van der Waals surface area contributed by atoms with Crippen molar-refractivity contribution in [1.29, 1.82) is 5.26 Å². The molecule has 0 aliphatic carbocycles. The molecule has 3 aromatic heterocycles. The summed E-state index contributed by atoms with van der Waals surface area (Å²) >= 11 is 0. The van der Waals surface area contributed by atoms with E-state index < -0.39 is 6.10 Å². The van der Waals surface area contributed by atoms with E-state index in [9.17, 15) is 5.26 Å². The molecular weight excluding hydrogens is 432 g/mol. The number of ether oxygens (including phenoxy) is 2. The summed E-state index contributed by atoms with van der Waals surface area (Å²) < 4.78 is 13.4. The number of hydrazone groups is 1. The van der Waals surface area contributed by atoms with Crippen LogP contribution >= 0.6 is 0 Å². The third-order valence-corrected chi connectivity index (χ3v) is 5.72. The van der Waals surface area contributed by atoms with Crippen molar-refractivity contribution in [2.75, 3.05) is 26.8 Å². The third kappa shape index (κ3) is 5.06. The van der Waals surface area contributed by atoms with Gasteiger partial charge in [0.1, 0.15) is 23.1 Å². The molecular formula is C24H28N8O2. The van der Waals surface area contributed by atoms with E-state index in [0.717, 1.165) is 31.6 Å². The lowest BCUT2D eigenvalue weighted by Crippen LogP contribution is -2.31. The predicted molar refractivity (Wildman–Crippen MR) is 129 cm³/mol. The van der Waals surface area contributed by atoms with Crippen molar-refractivity contribution in [1.82, 2.24) is 19.7 Å². The van der Waals surface area contributed by atoms with E-state index in [1.807, 2.05) is 31.2 Å². The molecule has 0 amide bonds. The van der Waals surface area contributed by atoms with Gasteiger partial charge in [-0.1, -0.05) is 6.07 Å². The second-order valence-electron chi connectivity index (χ2n) is 8.02. The molecule has 1 atom stereocenters. The summed E-state index contributed by atoms with van der Waals surface area (Å²) in [5, 5.41) is 17.0. The molecule has 0 saturated carbocycles. The van der Waals surface area contributed by atoms with E-state index in [0.29, 0.717) is 34.2 Å². The molecule has 0 radical (unpaired) electrons. The van der Waals surface area contributed by atoms with Crippen LogP contribution in [0.3, 0.4) is 0 Å². The van der Waals surface area contributed by atoms with Gasteiger partial charge in [0.25, 0.3) is 0 Å². The molecule has 4 heterocycles. The zero-order valence-electron chi connectivity index (χ0n) is 19.3. The van der Waals surface area contributed by atoms with Crippen LogP contribution in [0.5, 0.6) is 5.88 Å². The Balaban J connectivity index is 1.76. The number of aliphatic imine (C=N–C) groups is 1. The quantitative estimate of drug-likeness (QED) is 0.299. The second-order valence-corrected chi connectivity index (χ2v) is 8.02. The number of imidazole rings is 1. The average molecular weight is 461 g/mol. The lowest BCUT2D eigenvalue weighted by molar-refractivity contribution is 0.0743. The number of piperidine rings is 1. The smallest absolute Gasteiger partial charge is 0.201 e. The van der Waals surface area contributed by atoms with Gasteiger partial charge in [0, 0.05) is 24.9 Å². The van der Waals surface area contributed by atoms with E-state index in [1.165, 1.54) is 6.20 Å². The Morgan fingerprint density at radius 3 is 2.82 bits per heavy atom. The number of hydrogen-bond donors (Lipinski definition) is 2. The number of nitrogens with two attached hydrogens (primary N) is 1. The van der Waals surface area contributed by atoms with Crippen LogP contribution in [-0.4, -0.2) is 58.6 Å². The van der Waals surface area contributed by atoms with E-state index in [1.54, 1.807) is 23.8 Å². The highest BCUT2D eigenvalue weighted by atomic mass is 16.5. The lowest BCUT2D eigenvalue weighted by Gasteiger charge is -2.21. The number of nitrogens with zero attached hydrogens (tertiary/aromatic N) is 6. The van der Waals surface area contributed by atoms with Gasteiger partial charge in [-0.2, -0.15) is 10.4 Å². The molecule has 0 bridgehead atoms. The molecule has 176 valence electrons. The molecule has 1 aliphatic heterocycles. The molecule has 0 spiro atoms. The summed E-state index contributed by atoms with van der Waals surface area (Å²) in [5.74, 6) is 6.23. The minimum absolute atomic E-state index is 0.226. The predicted octanol–water partition coefficient (Wildman–Crippen LogP) is 2.24. The summed E-state index contributed by atoms with van der Waals surface area (Å²) in [4.78, 5) is 13.7. The minimum Gasteiger partial charge on any atom is -0.466 e. The van der Waals surface area contributed by atoms with Crippen LogP contribution in [0.1, 0.15) is 42.8 Å². The Bertz CT molecular complexity index is 1220. The maximum absolute atomic E-state index is 9.63. The number of nitrogens with one attached hydrogen (secondary N) is 1. The first kappa shape index (κ1) is 23.4. The molecule has 1 saturated heterocycles. The third-order valence-electron chi connectivity index (χ3n) is 5.72. The highest BCUT2D eigenvalue weighted by molar-refractivity contribution is 6.47. The van der Waals surface area contributed by atoms with E-state index in [4.69, 9.17) is 20.3 Å². The van der Waals surface area contributed by atoms with Crippen LogP contribution in [0.15, 0.2) is 52.8 Å². The molecule has 1 unspecified atom stereocenters. The van der Waals surface area contributed by atoms with Gasteiger partial charge in [-0.25, -0.2) is 4.98 Å². The van der Waals surface area contributed by atoms with Crippen molar-refractivity contribution in [3.63, 3.8) is 0 Å². The van der Waals surface area contributed by atoms with Crippen molar-refractivity contribution in [2.24, 2.45) is 15.9 Å². The van der Waals surface area contributed by atoms with E-state index in [-0.39, 0.29) is 12.6 Å². The molecule has 3 N–H and O–H groups in total. The van der Waals surface area contributed by atoms with E-state index >= 15 is 0 Å². The fraction of sp³-hybridized carbons (Fsp3) is 0.375. The molecule has 3 aromatic rings. The maximum atomic E-state index is 9.63. The maximum Gasteiger partial charge on any atom is 0.201 e. The number of rotatable bonds is 8. The van der Waals surface area contributed by atoms with Crippen molar-refractivity contribution < 1.29 is 9.47 Å². The Morgan fingerprint density at radius 2 is 2.15 bits per heavy atom. The summed E-state index contributed by atoms with van der Waals surface area (Å²) in [6, 6.07) is 11.6. The number of methoxy groups -OCH3 is 1. The first-order chi connectivity index (χ1) is 16.6. The molecule has 0 aromatic carbocycles. The molecule has 4 rings (SSSR count). The normalized spacial score (nSPS) is 16.4. The SMILES string of the molecule is COCC(Oc1cc(/C(=N/N)C(C)=NC2CCNCC2)cc2ncc(C#N)n12)c1ccccn1. The van der Waals surface area contributed by atoms with Crippen LogP contribution in [0, 0.1) is 11.3 Å². The molecule has 1 fully saturated rings. The molecule has 10 nitrogen and oxygen atoms in total. The van der Waals surface area contributed by atoms with Crippen LogP contribution in [0.25, 0.3) is 5.65 Å². The number of hydrogen-bond acceptors (Lipinski definition) is 9. The van der Waals surface area contributed by atoms with Crippen LogP contribution in [-0.2, 0) is 4.74 Å². The number of fused-ring (bicyclic) bond motifs is 1. The van der Waals surface area contributed by atoms with Gasteiger partial charge in [0.2, 0.25) is 5.88 Å². The zero-order valence-corrected chi connectivity index (χ0v) is 19.3. The summed E-state index contributed by atoms with van der Waals surface area (Å²) in [5.41, 5.74) is 3.59. The van der Waals surface area contributed by atoms with Crippen LogP contribution in [0.2, 0.25) is 0 Å². The van der Waals surface area contributed by atoms with Crippen molar-refractivity contribution in [3.05, 3.63) is 59.7 Å². The van der Waals surface area contributed by atoms with Gasteiger partial charge in [-0.05, 0) is 51.1 Å². The monoisotopic (exact) mass is 460 g/mol. The van der Waals surface area contributed by atoms with Gasteiger partial charge in [-0.3, -0.25) is 14.4 Å². The Labute approximate surface area is 198 Å². The summed E-state index contributed by atoms with van der Waals surface area (Å²) in [6.45, 7) is 4.07. The summed E-state index contributed by atoms with van der Waals surface area (Å²) in [6.07, 6.45) is 4.65. The first-order valence-corrected chi connectivity index (χ1v) is 11.2. The highest BCUT2D eigenvalue weighted by Crippen LogP contribution is 2.26. The summed E-state index contributed by atoms with van der Waals surface area (Å²) in [7, 11) is 1.60. The van der Waals surface area contributed by atoms with E-state index in [2.05, 4.69) is 26.5 Å². The van der Waals surface area contributed by atoms with Gasteiger partial charge < -0.3 is 20.6 Å². The van der Waals surface area contributed by atoms with Crippen molar-refractivity contribution in [3.8, 4) is 11.9 Å². The van der Waals surface area contributed by atoms with Gasteiger partial charge in [0.05, 0.1) is 30.3 Å². The number of nitriles is 1. The number of aromatic nitrogens is 3. The Kier molecular flexibility index (Phi) is 7.47. The lowest BCUT2D eigenvalue weighted by atomic mass is 10.0. The standard InChI is InChI=1S/C24H28N8O2/c1-16(30-18-6-9-27-10-7-18)24(31-26)17-11-22-29-14-19(13-25)32(22)23(12-17)34-21(15-33-2)20-5-3-4-8-28-20/h3-5,8,11-12,14,18,21,27H,6-7,9-10,15,26H2,1-2H3/b30-16?,31-24+. The molecule has 1 aliphatic rings. The van der Waals surface area contributed by atoms with Crippen LogP contribution < -0.4 is 15.9 Å². The fourth-order valence-corrected chi connectivity index (χ4v) is 4.07.